The van der Waals surface area contributed by atoms with Gasteiger partial charge in [0.2, 0.25) is 0 Å². The van der Waals surface area contributed by atoms with Gasteiger partial charge in [0.15, 0.2) is 24.1 Å². The van der Waals surface area contributed by atoms with Crippen molar-refractivity contribution >= 4 is 35.9 Å². The summed E-state index contributed by atoms with van der Waals surface area (Å²) in [7, 11) is 0. The molecule has 0 aliphatic heterocycles. The van der Waals surface area contributed by atoms with Gasteiger partial charge in [-0.05, 0) is 75.9 Å². The average Bonchev–Trinajstić information content (AvgIpc) is 2.78. The minimum Gasteiger partial charge on any atom is -0.485 e. The molecular formula is C28H30O6S. The molecule has 2 aromatic carbocycles. The van der Waals surface area contributed by atoms with Gasteiger partial charge < -0.3 is 9.47 Å². The van der Waals surface area contributed by atoms with Crippen molar-refractivity contribution in [1.82, 2.24) is 0 Å². The molecule has 0 radical (unpaired) electrons. The molecule has 0 amide bonds. The molecule has 2 rings (SSSR count). The number of aryl methyl sites for hydroxylation is 2. The summed E-state index contributed by atoms with van der Waals surface area (Å²) in [4.78, 5) is 49.0. The molecule has 0 heterocycles. The molecule has 0 spiro atoms. The van der Waals surface area contributed by atoms with Crippen molar-refractivity contribution < 1.29 is 28.7 Å². The van der Waals surface area contributed by atoms with E-state index >= 15 is 0 Å². The summed E-state index contributed by atoms with van der Waals surface area (Å²) in [5.41, 5.74) is 4.41. The van der Waals surface area contributed by atoms with Crippen LogP contribution in [-0.2, 0) is 9.59 Å². The number of hydrogen-bond acceptors (Lipinski definition) is 7. The Kier molecular flexibility index (Phi) is 9.37. The molecular weight excluding hydrogens is 464 g/mol. The smallest absolute Gasteiger partial charge is 0.188 e. The third kappa shape index (κ3) is 5.98. The molecule has 7 heteroatoms. The van der Waals surface area contributed by atoms with E-state index < -0.39 is 0 Å². The van der Waals surface area contributed by atoms with Crippen LogP contribution in [-0.4, -0.2) is 37.4 Å². The molecule has 0 saturated heterocycles. The summed E-state index contributed by atoms with van der Waals surface area (Å²) in [6, 6.07) is 3.63. The van der Waals surface area contributed by atoms with E-state index in [1.54, 1.807) is 27.7 Å². The SMILES string of the molecule is C=C(C)C(=O)c1c(C)cc(Sc2cc(C)c(C(=O)C(=C)C)c(C)c2OCC=O)c(OCC=O)c1C. The highest BCUT2D eigenvalue weighted by atomic mass is 32.2. The predicted octanol–water partition coefficient (Wildman–Crippen LogP) is 5.74. The summed E-state index contributed by atoms with van der Waals surface area (Å²) in [5.74, 6) is 0.403. The number of ketones is 2. The van der Waals surface area contributed by atoms with Crippen LogP contribution >= 0.6 is 11.8 Å². The molecule has 35 heavy (non-hydrogen) atoms. The molecule has 0 aromatic heterocycles. The van der Waals surface area contributed by atoms with Gasteiger partial charge in [-0.1, -0.05) is 24.9 Å². The Morgan fingerprint density at radius 1 is 0.771 bits per heavy atom. The lowest BCUT2D eigenvalue weighted by atomic mass is 9.95. The Labute approximate surface area is 210 Å². The molecule has 0 atom stereocenters. The lowest BCUT2D eigenvalue weighted by Crippen LogP contribution is -2.11. The van der Waals surface area contributed by atoms with Crippen molar-refractivity contribution in [3.63, 3.8) is 0 Å². The molecule has 0 fully saturated rings. The summed E-state index contributed by atoms with van der Waals surface area (Å²) in [5, 5.41) is 0. The minimum absolute atomic E-state index is 0.184. The van der Waals surface area contributed by atoms with Gasteiger partial charge in [0.25, 0.3) is 0 Å². The number of carbonyl (C=O) groups excluding carboxylic acids is 4. The van der Waals surface area contributed by atoms with E-state index in [0.29, 0.717) is 67.3 Å². The van der Waals surface area contributed by atoms with Crippen LogP contribution < -0.4 is 9.47 Å². The molecule has 0 aliphatic rings. The summed E-state index contributed by atoms with van der Waals surface area (Å²) in [6.07, 6.45) is 1.28. The molecule has 6 nitrogen and oxygen atoms in total. The number of rotatable bonds is 12. The molecule has 0 aliphatic carbocycles. The van der Waals surface area contributed by atoms with Crippen LogP contribution in [0.1, 0.15) is 56.8 Å². The molecule has 2 aromatic rings. The van der Waals surface area contributed by atoms with Crippen molar-refractivity contribution in [1.29, 1.82) is 0 Å². The van der Waals surface area contributed by atoms with E-state index in [1.807, 2.05) is 26.0 Å². The summed E-state index contributed by atoms with van der Waals surface area (Å²) < 4.78 is 11.5. The van der Waals surface area contributed by atoms with Gasteiger partial charge in [-0.25, -0.2) is 0 Å². The first-order valence-electron chi connectivity index (χ1n) is 11.0. The number of Topliss-reactive ketones (excluding diaryl/α,β-unsaturated/α-hetero) is 2. The second-order valence-corrected chi connectivity index (χ2v) is 9.40. The van der Waals surface area contributed by atoms with E-state index in [1.165, 1.54) is 11.8 Å². The van der Waals surface area contributed by atoms with Crippen molar-refractivity contribution in [2.75, 3.05) is 13.2 Å². The van der Waals surface area contributed by atoms with E-state index in [0.717, 1.165) is 11.1 Å². The molecule has 0 unspecified atom stereocenters. The quantitative estimate of drug-likeness (QED) is 0.211. The maximum Gasteiger partial charge on any atom is 0.188 e. The lowest BCUT2D eigenvalue weighted by molar-refractivity contribution is -0.110. The Morgan fingerprint density at radius 3 is 1.40 bits per heavy atom. The topological polar surface area (TPSA) is 86.7 Å². The van der Waals surface area contributed by atoms with Crippen LogP contribution in [0.5, 0.6) is 11.5 Å². The fraction of sp³-hybridized carbons (Fsp3) is 0.286. The zero-order valence-corrected chi connectivity index (χ0v) is 21.8. The Morgan fingerprint density at radius 2 is 1.11 bits per heavy atom. The van der Waals surface area contributed by atoms with E-state index in [4.69, 9.17) is 9.47 Å². The number of hydrogen-bond donors (Lipinski definition) is 0. The van der Waals surface area contributed by atoms with E-state index in [2.05, 4.69) is 13.2 Å². The minimum atomic E-state index is -0.197. The second-order valence-electron chi connectivity index (χ2n) is 8.32. The molecule has 0 N–H and O–H groups in total. The third-order valence-corrected chi connectivity index (χ3v) is 6.45. The van der Waals surface area contributed by atoms with Gasteiger partial charge >= 0.3 is 0 Å². The second kappa shape index (κ2) is 11.8. The first-order chi connectivity index (χ1) is 16.5. The standard InChI is InChI=1S/C28H30O6S/c1-15(2)25(31)23-17(5)13-21(27(19(23)7)33-11-9-29)35-22-14-18(6)24(26(32)16(3)4)20(8)28(22)34-12-10-30/h9-10,13-14H,1,3,11-12H2,2,4-8H3. The van der Waals surface area contributed by atoms with Crippen LogP contribution in [0, 0.1) is 27.7 Å². The number of carbonyl (C=O) groups is 4. The first-order valence-corrected chi connectivity index (χ1v) is 11.8. The molecule has 0 saturated carbocycles. The normalized spacial score (nSPS) is 10.5. The third-order valence-electron chi connectivity index (χ3n) is 5.40. The van der Waals surface area contributed by atoms with Crippen molar-refractivity contribution in [3.05, 3.63) is 69.8 Å². The monoisotopic (exact) mass is 494 g/mol. The first kappa shape index (κ1) is 27.8. The Hall–Kier alpha value is -3.45. The van der Waals surface area contributed by atoms with Gasteiger partial charge in [-0.3, -0.25) is 19.2 Å². The number of allylic oxidation sites excluding steroid dienone is 2. The average molecular weight is 495 g/mol. The Balaban J connectivity index is 2.77. The van der Waals surface area contributed by atoms with Crippen LogP contribution in [0.3, 0.4) is 0 Å². The zero-order chi connectivity index (χ0) is 26.4. The number of benzene rings is 2. The van der Waals surface area contributed by atoms with Crippen LogP contribution in [0.25, 0.3) is 0 Å². The van der Waals surface area contributed by atoms with E-state index in [9.17, 15) is 19.2 Å². The van der Waals surface area contributed by atoms with Gasteiger partial charge in [0.05, 0.1) is 9.79 Å². The summed E-state index contributed by atoms with van der Waals surface area (Å²) in [6.45, 7) is 17.6. The molecule has 0 bridgehead atoms. The largest absolute Gasteiger partial charge is 0.485 e. The zero-order valence-electron chi connectivity index (χ0n) is 21.0. The van der Waals surface area contributed by atoms with Crippen molar-refractivity contribution in [2.45, 2.75) is 51.3 Å². The highest BCUT2D eigenvalue weighted by Crippen LogP contribution is 2.45. The highest BCUT2D eigenvalue weighted by Gasteiger charge is 2.24. The van der Waals surface area contributed by atoms with Crippen LogP contribution in [0.2, 0.25) is 0 Å². The number of aldehydes is 2. The predicted molar refractivity (Wildman–Crippen MR) is 137 cm³/mol. The number of ether oxygens (including phenoxy) is 2. The van der Waals surface area contributed by atoms with Crippen LogP contribution in [0.4, 0.5) is 0 Å². The maximum atomic E-state index is 12.8. The van der Waals surface area contributed by atoms with E-state index in [-0.39, 0.29) is 24.8 Å². The van der Waals surface area contributed by atoms with Gasteiger partial charge in [0, 0.05) is 22.3 Å². The Bertz CT molecular complexity index is 1140. The summed E-state index contributed by atoms with van der Waals surface area (Å²) >= 11 is 1.31. The maximum absolute atomic E-state index is 12.8. The highest BCUT2D eigenvalue weighted by molar-refractivity contribution is 7.99. The van der Waals surface area contributed by atoms with Gasteiger partial charge in [-0.15, -0.1) is 0 Å². The van der Waals surface area contributed by atoms with Gasteiger partial charge in [-0.2, -0.15) is 0 Å². The fourth-order valence-corrected chi connectivity index (χ4v) is 5.16. The molecule has 184 valence electrons. The van der Waals surface area contributed by atoms with Crippen LogP contribution in [0.15, 0.2) is 46.2 Å². The fourth-order valence-electron chi connectivity index (χ4n) is 3.85. The van der Waals surface area contributed by atoms with Gasteiger partial charge in [0.1, 0.15) is 24.7 Å². The lowest BCUT2D eigenvalue weighted by Gasteiger charge is -2.21. The van der Waals surface area contributed by atoms with Crippen molar-refractivity contribution in [3.8, 4) is 11.5 Å². The van der Waals surface area contributed by atoms with Crippen molar-refractivity contribution in [2.24, 2.45) is 0 Å².